The molecule has 34 heavy (non-hydrogen) atoms. The Morgan fingerprint density at radius 1 is 1.15 bits per heavy atom. The van der Waals surface area contributed by atoms with Crippen molar-refractivity contribution < 1.29 is 24.1 Å². The number of benzene rings is 1. The number of fused-ring (bicyclic) bond motifs is 2. The fourth-order valence-electron chi connectivity index (χ4n) is 6.46. The molecule has 0 radical (unpaired) electrons. The lowest BCUT2D eigenvalue weighted by molar-refractivity contribution is -0.309. The smallest absolute Gasteiger partial charge is 0.219 e. The number of methoxy groups -OCH3 is 2. The summed E-state index contributed by atoms with van der Waals surface area (Å²) in [7, 11) is 3.40. The summed E-state index contributed by atoms with van der Waals surface area (Å²) >= 11 is 0. The van der Waals surface area contributed by atoms with Crippen LogP contribution in [0.3, 0.4) is 0 Å². The van der Waals surface area contributed by atoms with Gasteiger partial charge in [0, 0.05) is 29.2 Å². The molecule has 3 aliphatic rings. The maximum atomic E-state index is 10.8. The van der Waals surface area contributed by atoms with Crippen LogP contribution in [0, 0.1) is 17.8 Å². The maximum absolute atomic E-state index is 10.8. The quantitative estimate of drug-likeness (QED) is 0.498. The summed E-state index contributed by atoms with van der Waals surface area (Å²) in [6.45, 7) is 12.8. The van der Waals surface area contributed by atoms with Crippen LogP contribution in [0.1, 0.15) is 77.8 Å². The van der Waals surface area contributed by atoms with Crippen molar-refractivity contribution in [1.82, 2.24) is 0 Å². The Morgan fingerprint density at radius 3 is 2.50 bits per heavy atom. The van der Waals surface area contributed by atoms with Gasteiger partial charge in [0.05, 0.1) is 25.9 Å². The summed E-state index contributed by atoms with van der Waals surface area (Å²) in [6.07, 6.45) is 9.32. The summed E-state index contributed by atoms with van der Waals surface area (Å²) < 4.78 is 24.5. The lowest BCUT2D eigenvalue weighted by atomic mass is 9.60. The van der Waals surface area contributed by atoms with E-state index in [9.17, 15) is 5.11 Å². The minimum absolute atomic E-state index is 0.0197. The molecule has 0 bridgehead atoms. The summed E-state index contributed by atoms with van der Waals surface area (Å²) in [5, 5.41) is 10.8. The topological polar surface area (TPSA) is 57.2 Å². The largest absolute Gasteiger partial charge is 0.497 e. The molecule has 1 aliphatic carbocycles. The van der Waals surface area contributed by atoms with Crippen LogP contribution in [0.5, 0.6) is 11.5 Å². The van der Waals surface area contributed by atoms with Gasteiger partial charge < -0.3 is 24.1 Å². The lowest BCUT2D eigenvalue weighted by Crippen LogP contribution is -2.57. The molecule has 1 spiro atoms. The van der Waals surface area contributed by atoms with Crippen molar-refractivity contribution in [3.8, 4) is 11.5 Å². The third-order valence-corrected chi connectivity index (χ3v) is 8.83. The summed E-state index contributed by atoms with van der Waals surface area (Å²) in [5.41, 5.74) is 2.59. The number of ether oxygens (including phenoxy) is 4. The van der Waals surface area contributed by atoms with E-state index in [4.69, 9.17) is 18.9 Å². The molecule has 2 heterocycles. The fourth-order valence-corrected chi connectivity index (χ4v) is 6.46. The molecule has 1 saturated carbocycles. The van der Waals surface area contributed by atoms with Gasteiger partial charge in [-0.05, 0) is 70.7 Å². The van der Waals surface area contributed by atoms with Crippen LogP contribution in [0.15, 0.2) is 35.6 Å². The highest BCUT2D eigenvalue weighted by Crippen LogP contribution is 2.67. The molecule has 2 fully saturated rings. The highest BCUT2D eigenvalue weighted by molar-refractivity contribution is 5.47. The van der Waals surface area contributed by atoms with E-state index < -0.39 is 17.5 Å². The monoisotopic (exact) mass is 470 g/mol. The Bertz CT molecular complexity index is 1010. The SMILES string of the molecule is COc1cc(C)c(OC)c(CC=C(C)CC2=CC3(C)CCCC3(C)C3(CC(O)C(C)(C)O3)O2)c1. The molecule has 4 atom stereocenters. The molecule has 5 nitrogen and oxygen atoms in total. The number of allylic oxidation sites excluding steroid dienone is 3. The lowest BCUT2D eigenvalue weighted by Gasteiger charge is -2.54. The van der Waals surface area contributed by atoms with Crippen LogP contribution in [-0.4, -0.2) is 36.8 Å². The molecule has 2 aliphatic heterocycles. The van der Waals surface area contributed by atoms with Gasteiger partial charge in [0.2, 0.25) is 5.79 Å². The van der Waals surface area contributed by atoms with E-state index in [1.807, 2.05) is 32.9 Å². The Kier molecular flexibility index (Phi) is 6.35. The number of rotatable bonds is 6. The first kappa shape index (κ1) is 25.1. The fraction of sp³-hybridized carbons (Fsp3) is 0.655. The Labute approximate surface area is 205 Å². The van der Waals surface area contributed by atoms with Gasteiger partial charge in [0.15, 0.2) is 0 Å². The van der Waals surface area contributed by atoms with Gasteiger partial charge in [-0.3, -0.25) is 0 Å². The van der Waals surface area contributed by atoms with Crippen LogP contribution in [0.25, 0.3) is 0 Å². The average molecular weight is 471 g/mol. The zero-order valence-electron chi connectivity index (χ0n) is 22.2. The zero-order chi connectivity index (χ0) is 24.9. The van der Waals surface area contributed by atoms with Crippen LogP contribution >= 0.6 is 0 Å². The molecule has 188 valence electrons. The number of hydrogen-bond donors (Lipinski definition) is 1. The molecular weight excluding hydrogens is 428 g/mol. The molecule has 4 unspecified atom stereocenters. The second kappa shape index (κ2) is 8.60. The Balaban J connectivity index is 1.60. The molecular formula is C29H42O5. The predicted molar refractivity (Wildman–Crippen MR) is 134 cm³/mol. The predicted octanol–water partition coefficient (Wildman–Crippen LogP) is 6.26. The maximum Gasteiger partial charge on any atom is 0.219 e. The summed E-state index contributed by atoms with van der Waals surface area (Å²) in [5.74, 6) is 1.90. The van der Waals surface area contributed by atoms with Crippen molar-refractivity contribution in [2.75, 3.05) is 14.2 Å². The third kappa shape index (κ3) is 3.95. The second-order valence-electron chi connectivity index (χ2n) is 11.6. The van der Waals surface area contributed by atoms with E-state index in [1.165, 1.54) is 5.57 Å². The first-order valence-corrected chi connectivity index (χ1v) is 12.5. The van der Waals surface area contributed by atoms with E-state index in [1.54, 1.807) is 14.2 Å². The first-order valence-electron chi connectivity index (χ1n) is 12.5. The van der Waals surface area contributed by atoms with Gasteiger partial charge in [-0.25, -0.2) is 0 Å². The second-order valence-corrected chi connectivity index (χ2v) is 11.6. The highest BCUT2D eigenvalue weighted by atomic mass is 16.7. The molecule has 4 rings (SSSR count). The van der Waals surface area contributed by atoms with Crippen molar-refractivity contribution in [1.29, 1.82) is 0 Å². The number of aliphatic hydroxyl groups excluding tert-OH is 1. The number of aryl methyl sites for hydroxylation is 1. The van der Waals surface area contributed by atoms with E-state index >= 15 is 0 Å². The van der Waals surface area contributed by atoms with Crippen molar-refractivity contribution in [2.45, 2.75) is 97.6 Å². The molecule has 5 heteroatoms. The summed E-state index contributed by atoms with van der Waals surface area (Å²) in [4.78, 5) is 0. The third-order valence-electron chi connectivity index (χ3n) is 8.83. The normalized spacial score (nSPS) is 34.6. The van der Waals surface area contributed by atoms with Crippen molar-refractivity contribution in [3.05, 3.63) is 46.7 Å². The van der Waals surface area contributed by atoms with Gasteiger partial charge in [0.1, 0.15) is 17.3 Å². The Morgan fingerprint density at radius 2 is 1.88 bits per heavy atom. The zero-order valence-corrected chi connectivity index (χ0v) is 22.2. The van der Waals surface area contributed by atoms with Crippen LogP contribution in [0.4, 0.5) is 0 Å². The van der Waals surface area contributed by atoms with Gasteiger partial charge in [0.25, 0.3) is 0 Å². The Hall–Kier alpha value is -1.98. The van der Waals surface area contributed by atoms with Crippen LogP contribution in [0.2, 0.25) is 0 Å². The van der Waals surface area contributed by atoms with E-state index in [0.717, 1.165) is 60.5 Å². The van der Waals surface area contributed by atoms with E-state index in [2.05, 4.69) is 32.9 Å². The number of hydrogen-bond acceptors (Lipinski definition) is 5. The average Bonchev–Trinajstić information content (AvgIpc) is 3.19. The van der Waals surface area contributed by atoms with Gasteiger partial charge in [-0.15, -0.1) is 0 Å². The van der Waals surface area contributed by atoms with Crippen molar-refractivity contribution in [3.63, 3.8) is 0 Å². The van der Waals surface area contributed by atoms with Crippen LogP contribution < -0.4 is 9.47 Å². The molecule has 1 aromatic carbocycles. The van der Waals surface area contributed by atoms with Crippen molar-refractivity contribution in [2.24, 2.45) is 10.8 Å². The highest BCUT2D eigenvalue weighted by Gasteiger charge is 2.69. The van der Waals surface area contributed by atoms with Gasteiger partial charge in [-0.1, -0.05) is 31.9 Å². The van der Waals surface area contributed by atoms with Gasteiger partial charge >= 0.3 is 0 Å². The molecule has 0 amide bonds. The molecule has 1 saturated heterocycles. The molecule has 1 N–H and O–H groups in total. The minimum Gasteiger partial charge on any atom is -0.497 e. The van der Waals surface area contributed by atoms with Gasteiger partial charge in [-0.2, -0.15) is 0 Å². The first-order chi connectivity index (χ1) is 15.9. The molecule has 1 aromatic rings. The van der Waals surface area contributed by atoms with E-state index in [0.29, 0.717) is 6.42 Å². The molecule has 0 aromatic heterocycles. The standard InChI is InChI=1S/C29H42O5/c1-19(10-11-21-16-22(31-7)15-20(2)25(21)32-8)14-23-17-27(5)12-9-13-28(27,6)29(33-23)18-24(30)26(3,4)34-29/h10,15-17,24,30H,9,11-14,18H2,1-8H3. The summed E-state index contributed by atoms with van der Waals surface area (Å²) in [6, 6.07) is 4.04. The van der Waals surface area contributed by atoms with Crippen LogP contribution in [-0.2, 0) is 15.9 Å². The van der Waals surface area contributed by atoms with Crippen molar-refractivity contribution >= 4 is 0 Å². The minimum atomic E-state index is -0.793. The van der Waals surface area contributed by atoms with E-state index in [-0.39, 0.29) is 10.8 Å². The number of aliphatic hydroxyl groups is 1.